The average Bonchev–Trinajstić information content (AvgIpc) is 3.25. The van der Waals surface area contributed by atoms with E-state index in [0.29, 0.717) is 34.0 Å². The highest BCUT2D eigenvalue weighted by Crippen LogP contribution is 2.32. The number of carbonyl (C=O) groups excluding carboxylic acids is 2. The lowest BCUT2D eigenvalue weighted by Gasteiger charge is -2.11. The topological polar surface area (TPSA) is 99.5 Å². The average molecular weight is 542 g/mol. The van der Waals surface area contributed by atoms with Gasteiger partial charge in [-0.25, -0.2) is 4.79 Å². The van der Waals surface area contributed by atoms with Gasteiger partial charge in [-0.05, 0) is 50.2 Å². The predicted octanol–water partition coefficient (Wildman–Crippen LogP) is 5.04. The summed E-state index contributed by atoms with van der Waals surface area (Å²) in [6.07, 6.45) is 0. The quantitative estimate of drug-likeness (QED) is 0.329. The van der Waals surface area contributed by atoms with Crippen molar-refractivity contribution in [2.45, 2.75) is 13.8 Å². The molecular weight excluding hydrogens is 522 g/mol. The summed E-state index contributed by atoms with van der Waals surface area (Å²) >= 11 is 4.50. The van der Waals surface area contributed by atoms with E-state index in [-0.39, 0.29) is 17.7 Å². The van der Waals surface area contributed by atoms with Crippen LogP contribution in [0.3, 0.4) is 0 Å². The molecule has 10 heteroatoms. The number of thiophene rings is 1. The molecule has 0 saturated carbocycles. The fourth-order valence-corrected chi connectivity index (χ4v) is 4.55. The number of rotatable bonds is 7. The highest BCUT2D eigenvalue weighted by molar-refractivity contribution is 9.10. The first-order valence-corrected chi connectivity index (χ1v) is 12.1. The number of aromatic nitrogens is 2. The summed E-state index contributed by atoms with van der Waals surface area (Å²) in [5, 5.41) is 9.51. The van der Waals surface area contributed by atoms with Gasteiger partial charge in [0, 0.05) is 15.2 Å². The minimum Gasteiger partial charge on any atom is -0.493 e. The summed E-state index contributed by atoms with van der Waals surface area (Å²) in [7, 11) is 0. The number of anilines is 1. The smallest absolute Gasteiger partial charge is 0.359 e. The first-order chi connectivity index (χ1) is 16.4. The molecule has 2 aromatic carbocycles. The maximum absolute atomic E-state index is 13.5. The second-order valence-electron chi connectivity index (χ2n) is 7.00. The van der Waals surface area contributed by atoms with E-state index in [1.807, 2.05) is 6.92 Å². The van der Waals surface area contributed by atoms with Crippen LogP contribution in [0.25, 0.3) is 16.5 Å². The van der Waals surface area contributed by atoms with Crippen LogP contribution in [0, 0.1) is 0 Å². The van der Waals surface area contributed by atoms with Gasteiger partial charge in [-0.2, -0.15) is 9.78 Å². The minimum absolute atomic E-state index is 0.00849. The van der Waals surface area contributed by atoms with Crippen LogP contribution in [0.4, 0.5) is 5.00 Å². The van der Waals surface area contributed by atoms with Crippen LogP contribution in [-0.4, -0.2) is 34.9 Å². The van der Waals surface area contributed by atoms with E-state index in [1.54, 1.807) is 60.8 Å². The summed E-state index contributed by atoms with van der Waals surface area (Å²) in [6, 6.07) is 13.8. The molecule has 0 spiro atoms. The molecule has 4 rings (SSSR count). The zero-order valence-corrected chi connectivity index (χ0v) is 20.7. The molecule has 4 aromatic rings. The Kier molecular flexibility index (Phi) is 7.09. The lowest BCUT2D eigenvalue weighted by Crippen LogP contribution is -2.25. The third-order valence-electron chi connectivity index (χ3n) is 4.85. The van der Waals surface area contributed by atoms with Crippen molar-refractivity contribution in [3.05, 3.63) is 80.0 Å². The van der Waals surface area contributed by atoms with Crippen molar-refractivity contribution in [2.75, 3.05) is 18.5 Å². The standard InChI is InChI=1S/C24H20BrN3O5S/c1-3-32-18-8-6-5-7-16(18)21(29)26-22-19-17(13-34-22)20(24(31)33-4-2)27-28(23(19)30)15-11-9-14(25)10-12-15/h5-13H,3-4H2,1-2H3,(H,26,29). The number of hydrogen-bond acceptors (Lipinski definition) is 7. The summed E-state index contributed by atoms with van der Waals surface area (Å²) in [5.41, 5.74) is 0.315. The monoisotopic (exact) mass is 541 g/mol. The highest BCUT2D eigenvalue weighted by Gasteiger charge is 2.24. The normalized spacial score (nSPS) is 10.8. The number of nitrogens with zero attached hydrogens (tertiary/aromatic N) is 2. The van der Waals surface area contributed by atoms with Crippen molar-refractivity contribution in [2.24, 2.45) is 0 Å². The largest absolute Gasteiger partial charge is 0.493 e. The third-order valence-corrected chi connectivity index (χ3v) is 6.28. The van der Waals surface area contributed by atoms with Gasteiger partial charge in [0.25, 0.3) is 11.5 Å². The Morgan fingerprint density at radius 3 is 2.53 bits per heavy atom. The maximum atomic E-state index is 13.5. The summed E-state index contributed by atoms with van der Waals surface area (Å²) in [4.78, 5) is 39.2. The van der Waals surface area contributed by atoms with Crippen molar-refractivity contribution in [1.82, 2.24) is 9.78 Å². The molecule has 1 N–H and O–H groups in total. The molecule has 2 heterocycles. The van der Waals surface area contributed by atoms with Crippen LogP contribution < -0.4 is 15.6 Å². The Balaban J connectivity index is 1.86. The van der Waals surface area contributed by atoms with E-state index in [0.717, 1.165) is 20.5 Å². The molecular formula is C24H20BrN3O5S. The molecule has 1 amide bonds. The molecule has 2 aromatic heterocycles. The molecule has 0 saturated heterocycles. The number of amides is 1. The Morgan fingerprint density at radius 1 is 1.09 bits per heavy atom. The molecule has 0 aliphatic heterocycles. The van der Waals surface area contributed by atoms with Gasteiger partial charge >= 0.3 is 5.97 Å². The van der Waals surface area contributed by atoms with E-state index < -0.39 is 17.4 Å². The van der Waals surface area contributed by atoms with E-state index in [9.17, 15) is 14.4 Å². The van der Waals surface area contributed by atoms with Gasteiger partial charge < -0.3 is 14.8 Å². The van der Waals surface area contributed by atoms with E-state index in [2.05, 4.69) is 26.3 Å². The molecule has 0 aliphatic carbocycles. The maximum Gasteiger partial charge on any atom is 0.359 e. The van der Waals surface area contributed by atoms with E-state index in [4.69, 9.17) is 9.47 Å². The number of fused-ring (bicyclic) bond motifs is 1. The third kappa shape index (κ3) is 4.59. The van der Waals surface area contributed by atoms with E-state index >= 15 is 0 Å². The number of esters is 1. The van der Waals surface area contributed by atoms with Crippen molar-refractivity contribution < 1.29 is 19.1 Å². The second kappa shape index (κ2) is 10.2. The first-order valence-electron chi connectivity index (χ1n) is 10.4. The number of ether oxygens (including phenoxy) is 2. The zero-order valence-electron chi connectivity index (χ0n) is 18.3. The summed E-state index contributed by atoms with van der Waals surface area (Å²) < 4.78 is 12.7. The highest BCUT2D eigenvalue weighted by atomic mass is 79.9. The lowest BCUT2D eigenvalue weighted by molar-refractivity contribution is 0.0520. The molecule has 0 bridgehead atoms. The van der Waals surface area contributed by atoms with Crippen LogP contribution in [0.1, 0.15) is 34.7 Å². The Morgan fingerprint density at radius 2 is 1.82 bits per heavy atom. The Hall–Kier alpha value is -3.50. The molecule has 0 unspecified atom stereocenters. The van der Waals surface area contributed by atoms with Gasteiger partial charge in [-0.15, -0.1) is 11.3 Å². The van der Waals surface area contributed by atoms with Gasteiger partial charge in [-0.1, -0.05) is 28.1 Å². The van der Waals surface area contributed by atoms with Crippen molar-refractivity contribution in [3.63, 3.8) is 0 Å². The van der Waals surface area contributed by atoms with Crippen LogP contribution >= 0.6 is 27.3 Å². The summed E-state index contributed by atoms with van der Waals surface area (Å²) in [5.74, 6) is -0.655. The number of nitrogens with one attached hydrogen (secondary N) is 1. The first kappa shape index (κ1) is 23.7. The van der Waals surface area contributed by atoms with Crippen LogP contribution in [0.2, 0.25) is 0 Å². The Labute approximate surface area is 207 Å². The fraction of sp³-hybridized carbons (Fsp3) is 0.167. The molecule has 0 fully saturated rings. The molecule has 0 radical (unpaired) electrons. The van der Waals surface area contributed by atoms with Gasteiger partial charge in [0.05, 0.1) is 29.9 Å². The van der Waals surface area contributed by atoms with Crippen molar-refractivity contribution >= 4 is 54.9 Å². The number of benzene rings is 2. The SMILES string of the molecule is CCOC(=O)c1nn(-c2ccc(Br)cc2)c(=O)c2c(NC(=O)c3ccccc3OCC)scc12. The molecule has 174 valence electrons. The number of hydrogen-bond donors (Lipinski definition) is 1. The number of para-hydroxylation sites is 1. The number of halogens is 1. The van der Waals surface area contributed by atoms with Crippen LogP contribution in [0.5, 0.6) is 5.75 Å². The van der Waals surface area contributed by atoms with Gasteiger partial charge in [0.1, 0.15) is 10.8 Å². The Bertz CT molecular complexity index is 1430. The van der Waals surface area contributed by atoms with Crippen molar-refractivity contribution in [3.8, 4) is 11.4 Å². The van der Waals surface area contributed by atoms with Gasteiger partial charge in [0.2, 0.25) is 0 Å². The number of carbonyl (C=O) groups is 2. The molecule has 0 atom stereocenters. The van der Waals surface area contributed by atoms with Crippen molar-refractivity contribution in [1.29, 1.82) is 0 Å². The predicted molar refractivity (Wildman–Crippen MR) is 134 cm³/mol. The molecule has 8 nitrogen and oxygen atoms in total. The van der Waals surface area contributed by atoms with Gasteiger partial charge in [-0.3, -0.25) is 9.59 Å². The lowest BCUT2D eigenvalue weighted by atomic mass is 10.2. The minimum atomic E-state index is -0.657. The second-order valence-corrected chi connectivity index (χ2v) is 8.79. The van der Waals surface area contributed by atoms with E-state index in [1.165, 1.54) is 0 Å². The molecule has 34 heavy (non-hydrogen) atoms. The zero-order chi connectivity index (χ0) is 24.2. The fourth-order valence-electron chi connectivity index (χ4n) is 3.36. The summed E-state index contributed by atoms with van der Waals surface area (Å²) in [6.45, 7) is 4.07. The van der Waals surface area contributed by atoms with Crippen LogP contribution in [-0.2, 0) is 4.74 Å². The van der Waals surface area contributed by atoms with Crippen LogP contribution in [0.15, 0.2) is 63.2 Å². The van der Waals surface area contributed by atoms with Gasteiger partial charge in [0.15, 0.2) is 5.69 Å². The molecule has 0 aliphatic rings.